The largest absolute Gasteiger partial charge is 0.378 e. The molecule has 5 nitrogen and oxygen atoms in total. The fourth-order valence-corrected chi connectivity index (χ4v) is 2.64. The van der Waals surface area contributed by atoms with Crippen LogP contribution >= 0.6 is 0 Å². The SMILES string of the molecule is Cc1nc(CN(C)C(=O)[C@@H](O)c2ccccc2)nc2ccccc12. The Balaban J connectivity index is 1.79. The summed E-state index contributed by atoms with van der Waals surface area (Å²) in [5.74, 6) is 0.179. The predicted molar refractivity (Wildman–Crippen MR) is 92.2 cm³/mol. The van der Waals surface area contributed by atoms with E-state index in [2.05, 4.69) is 9.97 Å². The van der Waals surface area contributed by atoms with E-state index in [1.54, 1.807) is 31.3 Å². The Bertz CT molecular complexity index is 865. The lowest BCUT2D eigenvalue weighted by atomic mass is 10.1. The number of amides is 1. The zero-order valence-electron chi connectivity index (χ0n) is 13.7. The predicted octanol–water partition coefficient (Wildman–Crippen LogP) is 2.63. The minimum Gasteiger partial charge on any atom is -0.378 e. The molecule has 5 heteroatoms. The molecule has 122 valence electrons. The molecule has 0 unspecified atom stereocenters. The molecule has 3 aromatic rings. The maximum Gasteiger partial charge on any atom is 0.256 e. The molecule has 0 bridgehead atoms. The number of hydrogen-bond acceptors (Lipinski definition) is 4. The Morgan fingerprint density at radius 1 is 1.08 bits per heavy atom. The number of fused-ring (bicyclic) bond motifs is 1. The van der Waals surface area contributed by atoms with Crippen LogP contribution in [0.1, 0.15) is 23.2 Å². The van der Waals surface area contributed by atoms with Gasteiger partial charge in [-0.2, -0.15) is 0 Å². The van der Waals surface area contributed by atoms with Crippen molar-refractivity contribution in [1.82, 2.24) is 14.9 Å². The summed E-state index contributed by atoms with van der Waals surface area (Å²) in [5, 5.41) is 11.2. The van der Waals surface area contributed by atoms with Crippen LogP contribution in [0.5, 0.6) is 0 Å². The molecule has 2 aromatic carbocycles. The molecule has 1 atom stereocenters. The quantitative estimate of drug-likeness (QED) is 0.802. The van der Waals surface area contributed by atoms with Crippen LogP contribution in [0.25, 0.3) is 10.9 Å². The summed E-state index contributed by atoms with van der Waals surface area (Å²) in [4.78, 5) is 22.8. The van der Waals surface area contributed by atoms with Crippen LogP contribution in [0.2, 0.25) is 0 Å². The smallest absolute Gasteiger partial charge is 0.256 e. The van der Waals surface area contributed by atoms with Gasteiger partial charge in [-0.25, -0.2) is 9.97 Å². The van der Waals surface area contributed by atoms with Crippen LogP contribution in [0, 0.1) is 6.92 Å². The highest BCUT2D eigenvalue weighted by Crippen LogP contribution is 2.18. The number of aryl methyl sites for hydroxylation is 1. The van der Waals surface area contributed by atoms with Crippen molar-refractivity contribution < 1.29 is 9.90 Å². The Kier molecular flexibility index (Phi) is 4.53. The number of benzene rings is 2. The molecule has 0 aliphatic rings. The molecule has 0 saturated carbocycles. The van der Waals surface area contributed by atoms with Gasteiger partial charge in [0.05, 0.1) is 12.1 Å². The summed E-state index contributed by atoms with van der Waals surface area (Å²) in [5.41, 5.74) is 2.30. The second-order valence-corrected chi connectivity index (χ2v) is 5.75. The number of aliphatic hydroxyl groups is 1. The van der Waals surface area contributed by atoms with Crippen molar-refractivity contribution >= 4 is 16.8 Å². The van der Waals surface area contributed by atoms with Crippen molar-refractivity contribution in [2.45, 2.75) is 19.6 Å². The van der Waals surface area contributed by atoms with Gasteiger partial charge < -0.3 is 10.0 Å². The molecular weight excluding hydrogens is 302 g/mol. The molecule has 1 N–H and O–H groups in total. The Morgan fingerprint density at radius 3 is 2.50 bits per heavy atom. The van der Waals surface area contributed by atoms with E-state index in [1.165, 1.54) is 4.90 Å². The standard InChI is InChI=1S/C19H19N3O2/c1-13-15-10-6-7-11-16(15)21-17(20-13)12-22(2)19(24)18(23)14-8-4-3-5-9-14/h3-11,18,23H,12H2,1-2H3/t18-/m0/s1. The third-order valence-corrected chi connectivity index (χ3v) is 3.94. The van der Waals surface area contributed by atoms with Crippen molar-refractivity contribution in [3.05, 3.63) is 71.7 Å². The number of rotatable bonds is 4. The van der Waals surface area contributed by atoms with Gasteiger partial charge in [-0.1, -0.05) is 48.5 Å². The van der Waals surface area contributed by atoms with Gasteiger partial charge in [-0.15, -0.1) is 0 Å². The summed E-state index contributed by atoms with van der Waals surface area (Å²) < 4.78 is 0. The summed E-state index contributed by atoms with van der Waals surface area (Å²) in [6.45, 7) is 2.17. The van der Waals surface area contributed by atoms with Gasteiger partial charge in [0.25, 0.3) is 5.91 Å². The lowest BCUT2D eigenvalue weighted by Gasteiger charge is -2.20. The average Bonchev–Trinajstić information content (AvgIpc) is 2.61. The summed E-state index contributed by atoms with van der Waals surface area (Å²) >= 11 is 0. The monoisotopic (exact) mass is 321 g/mol. The summed E-state index contributed by atoms with van der Waals surface area (Å²) in [6, 6.07) is 16.7. The molecule has 0 radical (unpaired) electrons. The molecular formula is C19H19N3O2. The zero-order chi connectivity index (χ0) is 17.1. The number of para-hydroxylation sites is 1. The first-order valence-electron chi connectivity index (χ1n) is 7.76. The Hall–Kier alpha value is -2.79. The van der Waals surface area contributed by atoms with Crippen molar-refractivity contribution in [2.75, 3.05) is 7.05 Å². The fraction of sp³-hybridized carbons (Fsp3) is 0.211. The molecule has 3 rings (SSSR count). The minimum absolute atomic E-state index is 0.244. The van der Waals surface area contributed by atoms with Crippen LogP contribution in [-0.4, -0.2) is 32.9 Å². The van der Waals surface area contributed by atoms with Crippen molar-refractivity contribution in [1.29, 1.82) is 0 Å². The molecule has 0 spiro atoms. The first-order valence-corrected chi connectivity index (χ1v) is 7.76. The summed E-state index contributed by atoms with van der Waals surface area (Å²) in [6.07, 6.45) is -1.18. The van der Waals surface area contributed by atoms with Gasteiger partial charge in [0, 0.05) is 18.1 Å². The lowest BCUT2D eigenvalue weighted by Crippen LogP contribution is -2.32. The van der Waals surface area contributed by atoms with E-state index in [0.29, 0.717) is 11.4 Å². The van der Waals surface area contributed by atoms with Gasteiger partial charge in [-0.05, 0) is 18.6 Å². The first kappa shape index (κ1) is 16.1. The normalized spacial score (nSPS) is 12.1. The zero-order valence-corrected chi connectivity index (χ0v) is 13.7. The second-order valence-electron chi connectivity index (χ2n) is 5.75. The Morgan fingerprint density at radius 2 is 1.75 bits per heavy atom. The van der Waals surface area contributed by atoms with E-state index in [0.717, 1.165) is 16.6 Å². The highest BCUT2D eigenvalue weighted by molar-refractivity contribution is 5.82. The maximum absolute atomic E-state index is 12.4. The number of nitrogens with zero attached hydrogens (tertiary/aromatic N) is 3. The van der Waals surface area contributed by atoms with Crippen LogP contribution in [0.3, 0.4) is 0 Å². The van der Waals surface area contributed by atoms with Crippen molar-refractivity contribution in [3.8, 4) is 0 Å². The summed E-state index contributed by atoms with van der Waals surface area (Å²) in [7, 11) is 1.64. The van der Waals surface area contributed by atoms with Gasteiger partial charge in [0.15, 0.2) is 6.10 Å². The third kappa shape index (κ3) is 3.26. The van der Waals surface area contributed by atoms with E-state index in [9.17, 15) is 9.90 Å². The molecule has 1 aromatic heterocycles. The van der Waals surface area contributed by atoms with Gasteiger partial charge in [0.2, 0.25) is 0 Å². The molecule has 24 heavy (non-hydrogen) atoms. The van der Waals surface area contributed by atoms with E-state index < -0.39 is 6.10 Å². The second kappa shape index (κ2) is 6.76. The highest BCUT2D eigenvalue weighted by atomic mass is 16.3. The lowest BCUT2D eigenvalue weighted by molar-refractivity contribution is -0.139. The highest BCUT2D eigenvalue weighted by Gasteiger charge is 2.22. The van der Waals surface area contributed by atoms with Crippen LogP contribution in [-0.2, 0) is 11.3 Å². The number of hydrogen-bond donors (Lipinski definition) is 1. The average molecular weight is 321 g/mol. The maximum atomic E-state index is 12.4. The number of aliphatic hydroxyl groups excluding tert-OH is 1. The van der Waals surface area contributed by atoms with Crippen LogP contribution < -0.4 is 0 Å². The fourth-order valence-electron chi connectivity index (χ4n) is 2.64. The van der Waals surface area contributed by atoms with Gasteiger partial charge >= 0.3 is 0 Å². The first-order chi connectivity index (χ1) is 11.6. The molecule has 1 amide bonds. The number of likely N-dealkylation sites (N-methyl/N-ethyl adjacent to an activating group) is 1. The van der Waals surface area contributed by atoms with E-state index in [4.69, 9.17) is 0 Å². The molecule has 0 aliphatic heterocycles. The van der Waals surface area contributed by atoms with Crippen LogP contribution in [0.15, 0.2) is 54.6 Å². The van der Waals surface area contributed by atoms with Gasteiger partial charge in [0.1, 0.15) is 5.82 Å². The van der Waals surface area contributed by atoms with E-state index in [-0.39, 0.29) is 12.5 Å². The Labute approximate surface area is 140 Å². The molecule has 0 saturated heterocycles. The van der Waals surface area contributed by atoms with E-state index in [1.807, 2.05) is 37.3 Å². The van der Waals surface area contributed by atoms with Crippen molar-refractivity contribution in [2.24, 2.45) is 0 Å². The van der Waals surface area contributed by atoms with Gasteiger partial charge in [-0.3, -0.25) is 4.79 Å². The van der Waals surface area contributed by atoms with Crippen LogP contribution in [0.4, 0.5) is 0 Å². The third-order valence-electron chi connectivity index (χ3n) is 3.94. The topological polar surface area (TPSA) is 66.3 Å². The molecule has 1 heterocycles. The molecule has 0 fully saturated rings. The minimum atomic E-state index is -1.18. The number of aromatic nitrogens is 2. The van der Waals surface area contributed by atoms with Crippen molar-refractivity contribution in [3.63, 3.8) is 0 Å². The van der Waals surface area contributed by atoms with E-state index >= 15 is 0 Å². The molecule has 0 aliphatic carbocycles. The number of carbonyl (C=O) groups excluding carboxylic acids is 1. The number of carbonyl (C=O) groups is 1.